The zero-order valence-electron chi connectivity index (χ0n) is 11.1. The van der Waals surface area contributed by atoms with Crippen molar-refractivity contribution in [3.05, 3.63) is 35.9 Å². The first kappa shape index (κ1) is 13.4. The van der Waals surface area contributed by atoms with Crippen LogP contribution in [0.1, 0.15) is 18.9 Å². The number of nitrogens with one attached hydrogen (secondary N) is 2. The molecule has 102 valence electrons. The van der Waals surface area contributed by atoms with Gasteiger partial charge >= 0.3 is 6.03 Å². The van der Waals surface area contributed by atoms with Gasteiger partial charge in [-0.25, -0.2) is 4.79 Å². The Kier molecular flexibility index (Phi) is 4.39. The maximum Gasteiger partial charge on any atom is 0.315 e. The highest BCUT2D eigenvalue weighted by atomic mass is 16.2. The number of hydrogen-bond donors (Lipinski definition) is 2. The van der Waals surface area contributed by atoms with Crippen molar-refractivity contribution in [1.29, 1.82) is 0 Å². The molecular formula is C14H19N3O2. The van der Waals surface area contributed by atoms with Crippen molar-refractivity contribution in [2.45, 2.75) is 25.9 Å². The number of carbonyl (C=O) groups is 2. The van der Waals surface area contributed by atoms with Gasteiger partial charge in [0.1, 0.15) is 0 Å². The van der Waals surface area contributed by atoms with Crippen LogP contribution in [0.25, 0.3) is 0 Å². The van der Waals surface area contributed by atoms with Crippen LogP contribution in [0, 0.1) is 0 Å². The lowest BCUT2D eigenvalue weighted by Crippen LogP contribution is -2.43. The van der Waals surface area contributed by atoms with E-state index in [1.54, 1.807) is 4.90 Å². The van der Waals surface area contributed by atoms with Gasteiger partial charge in [0.15, 0.2) is 0 Å². The molecule has 1 aromatic carbocycles. The molecule has 3 amide bonds. The molecule has 0 spiro atoms. The minimum absolute atomic E-state index is 0.0886. The van der Waals surface area contributed by atoms with Crippen molar-refractivity contribution in [2.75, 3.05) is 13.1 Å². The van der Waals surface area contributed by atoms with E-state index in [2.05, 4.69) is 10.6 Å². The number of nitrogens with zero attached hydrogens (tertiary/aromatic N) is 1. The van der Waals surface area contributed by atoms with E-state index in [0.29, 0.717) is 26.1 Å². The molecule has 0 aromatic heterocycles. The molecule has 1 aromatic rings. The maximum atomic E-state index is 11.9. The first-order valence-electron chi connectivity index (χ1n) is 6.55. The Bertz CT molecular complexity index is 447. The van der Waals surface area contributed by atoms with Crippen LogP contribution >= 0.6 is 0 Å². The van der Waals surface area contributed by atoms with Gasteiger partial charge in [-0.15, -0.1) is 0 Å². The van der Waals surface area contributed by atoms with Crippen LogP contribution in [-0.2, 0) is 11.3 Å². The van der Waals surface area contributed by atoms with Crippen LogP contribution < -0.4 is 10.6 Å². The van der Waals surface area contributed by atoms with E-state index in [9.17, 15) is 9.59 Å². The summed E-state index contributed by atoms with van der Waals surface area (Å²) in [4.78, 5) is 25.1. The molecule has 1 atom stereocenters. The van der Waals surface area contributed by atoms with E-state index in [-0.39, 0.29) is 18.0 Å². The van der Waals surface area contributed by atoms with Crippen molar-refractivity contribution < 1.29 is 9.59 Å². The van der Waals surface area contributed by atoms with Crippen LogP contribution in [0.15, 0.2) is 30.3 Å². The molecule has 1 fully saturated rings. The summed E-state index contributed by atoms with van der Waals surface area (Å²) >= 11 is 0. The highest BCUT2D eigenvalue weighted by Gasteiger charge is 2.30. The monoisotopic (exact) mass is 261 g/mol. The molecule has 1 saturated heterocycles. The highest BCUT2D eigenvalue weighted by Crippen LogP contribution is 2.14. The molecule has 0 aliphatic carbocycles. The minimum atomic E-state index is -0.207. The van der Waals surface area contributed by atoms with Crippen LogP contribution in [0.3, 0.4) is 0 Å². The van der Waals surface area contributed by atoms with Crippen molar-refractivity contribution in [3.8, 4) is 0 Å². The summed E-state index contributed by atoms with van der Waals surface area (Å²) in [6.45, 7) is 3.62. The summed E-state index contributed by atoms with van der Waals surface area (Å²) < 4.78 is 0. The zero-order valence-corrected chi connectivity index (χ0v) is 11.1. The van der Waals surface area contributed by atoms with E-state index < -0.39 is 0 Å². The lowest BCUT2D eigenvalue weighted by molar-refractivity contribution is -0.128. The predicted molar refractivity (Wildman–Crippen MR) is 72.5 cm³/mol. The fourth-order valence-electron chi connectivity index (χ4n) is 2.22. The maximum absolute atomic E-state index is 11.9. The number of carbonyl (C=O) groups excluding carboxylic acids is 2. The molecule has 1 aliphatic heterocycles. The summed E-state index contributed by atoms with van der Waals surface area (Å²) in [7, 11) is 0. The van der Waals surface area contributed by atoms with E-state index >= 15 is 0 Å². The fraction of sp³-hybridized carbons (Fsp3) is 0.429. The molecule has 1 heterocycles. The third-order valence-electron chi connectivity index (χ3n) is 3.10. The Hall–Kier alpha value is -2.04. The normalized spacial score (nSPS) is 18.5. The fourth-order valence-corrected chi connectivity index (χ4v) is 2.22. The van der Waals surface area contributed by atoms with Crippen molar-refractivity contribution in [3.63, 3.8) is 0 Å². The average Bonchev–Trinajstić information content (AvgIpc) is 2.71. The highest BCUT2D eigenvalue weighted by molar-refractivity contribution is 5.81. The van der Waals surface area contributed by atoms with Gasteiger partial charge in [0.2, 0.25) is 5.91 Å². The molecule has 5 heteroatoms. The predicted octanol–water partition coefficient (Wildman–Crippen LogP) is 1.11. The van der Waals surface area contributed by atoms with Crippen LogP contribution in [0.2, 0.25) is 0 Å². The second-order valence-electron chi connectivity index (χ2n) is 4.66. The third kappa shape index (κ3) is 3.71. The number of likely N-dealkylation sites (tertiary alicyclic amines) is 1. The Morgan fingerprint density at radius 2 is 2.11 bits per heavy atom. The first-order valence-corrected chi connectivity index (χ1v) is 6.55. The van der Waals surface area contributed by atoms with Gasteiger partial charge < -0.3 is 15.5 Å². The molecule has 2 rings (SSSR count). The first-order chi connectivity index (χ1) is 9.19. The molecule has 1 unspecified atom stereocenters. The number of rotatable bonds is 4. The summed E-state index contributed by atoms with van der Waals surface area (Å²) in [5.41, 5.74) is 1.11. The van der Waals surface area contributed by atoms with E-state index in [4.69, 9.17) is 0 Å². The SMILES string of the molecule is CCNC(=O)NC1CC(=O)N(Cc2ccccc2)C1. The Labute approximate surface area is 113 Å². The molecule has 0 bridgehead atoms. The average molecular weight is 261 g/mol. The summed E-state index contributed by atoms with van der Waals surface area (Å²) in [6, 6.07) is 9.56. The lowest BCUT2D eigenvalue weighted by atomic mass is 10.2. The second-order valence-corrected chi connectivity index (χ2v) is 4.66. The standard InChI is InChI=1S/C14H19N3O2/c1-2-15-14(19)16-12-8-13(18)17(10-12)9-11-6-4-3-5-7-11/h3-7,12H,2,8-10H2,1H3,(H2,15,16,19). The molecule has 0 saturated carbocycles. The van der Waals surface area contributed by atoms with Gasteiger partial charge in [-0.05, 0) is 12.5 Å². The molecule has 19 heavy (non-hydrogen) atoms. The summed E-state index contributed by atoms with van der Waals surface area (Å²) in [5, 5.41) is 5.49. The van der Waals surface area contributed by atoms with Crippen LogP contribution in [0.5, 0.6) is 0 Å². The molecule has 2 N–H and O–H groups in total. The van der Waals surface area contributed by atoms with Crippen molar-refractivity contribution in [1.82, 2.24) is 15.5 Å². The van der Waals surface area contributed by atoms with Gasteiger partial charge in [0.05, 0.1) is 6.04 Å². The second kappa shape index (κ2) is 6.22. The van der Waals surface area contributed by atoms with Crippen LogP contribution in [-0.4, -0.2) is 36.0 Å². The topological polar surface area (TPSA) is 61.4 Å². The molecular weight excluding hydrogens is 242 g/mol. The van der Waals surface area contributed by atoms with Crippen LogP contribution in [0.4, 0.5) is 4.79 Å². The lowest BCUT2D eigenvalue weighted by Gasteiger charge is -2.17. The summed E-state index contributed by atoms with van der Waals surface area (Å²) in [5.74, 6) is 0.0886. The van der Waals surface area contributed by atoms with E-state index in [1.807, 2.05) is 37.3 Å². The van der Waals surface area contributed by atoms with Gasteiger partial charge in [0, 0.05) is 26.1 Å². The number of benzene rings is 1. The Morgan fingerprint density at radius 3 is 2.79 bits per heavy atom. The number of amides is 3. The van der Waals surface area contributed by atoms with Gasteiger partial charge in [0.25, 0.3) is 0 Å². The van der Waals surface area contributed by atoms with Gasteiger partial charge in [-0.1, -0.05) is 30.3 Å². The minimum Gasteiger partial charge on any atom is -0.338 e. The van der Waals surface area contributed by atoms with Gasteiger partial charge in [-0.2, -0.15) is 0 Å². The molecule has 1 aliphatic rings. The number of hydrogen-bond acceptors (Lipinski definition) is 2. The third-order valence-corrected chi connectivity index (χ3v) is 3.10. The summed E-state index contributed by atoms with van der Waals surface area (Å²) in [6.07, 6.45) is 0.379. The van der Waals surface area contributed by atoms with E-state index in [1.165, 1.54) is 0 Å². The van der Waals surface area contributed by atoms with Crippen molar-refractivity contribution >= 4 is 11.9 Å². The smallest absolute Gasteiger partial charge is 0.315 e. The molecule has 5 nitrogen and oxygen atoms in total. The largest absolute Gasteiger partial charge is 0.338 e. The Morgan fingerprint density at radius 1 is 1.37 bits per heavy atom. The number of urea groups is 1. The van der Waals surface area contributed by atoms with E-state index in [0.717, 1.165) is 5.56 Å². The quantitative estimate of drug-likeness (QED) is 0.853. The Balaban J connectivity index is 1.87. The van der Waals surface area contributed by atoms with Gasteiger partial charge in [-0.3, -0.25) is 4.79 Å². The molecule has 0 radical (unpaired) electrons. The van der Waals surface area contributed by atoms with Crippen molar-refractivity contribution in [2.24, 2.45) is 0 Å². The zero-order chi connectivity index (χ0) is 13.7.